The maximum absolute atomic E-state index is 13.3. The second kappa shape index (κ2) is 14.8. The third kappa shape index (κ3) is 8.74. The fourth-order valence-corrected chi connectivity index (χ4v) is 4.03. The highest BCUT2D eigenvalue weighted by Crippen LogP contribution is 2.34. The summed E-state index contributed by atoms with van der Waals surface area (Å²) in [4.78, 5) is 25.9. The van der Waals surface area contributed by atoms with E-state index in [0.29, 0.717) is 30.2 Å². The number of ether oxygens (including phenoxy) is 2. The average molecular weight is 529 g/mol. The number of allylic oxidation sites excluding steroid dienone is 3. The lowest BCUT2D eigenvalue weighted by Crippen LogP contribution is -2.22. The van der Waals surface area contributed by atoms with Crippen LogP contribution in [-0.2, 0) is 11.8 Å². The van der Waals surface area contributed by atoms with Gasteiger partial charge in [0, 0.05) is 24.2 Å². The summed E-state index contributed by atoms with van der Waals surface area (Å²) in [5.74, 6) is 0.393. The van der Waals surface area contributed by atoms with E-state index in [1.165, 1.54) is 17.2 Å². The Balaban J connectivity index is 1.88. The van der Waals surface area contributed by atoms with Gasteiger partial charge in [-0.15, -0.1) is 0 Å². The zero-order valence-corrected chi connectivity index (χ0v) is 23.8. The van der Waals surface area contributed by atoms with E-state index in [1.54, 1.807) is 23.8 Å². The van der Waals surface area contributed by atoms with Crippen LogP contribution >= 0.6 is 0 Å². The van der Waals surface area contributed by atoms with Gasteiger partial charge in [0.15, 0.2) is 5.75 Å². The molecule has 0 radical (unpaired) electrons. The molecule has 0 fully saturated rings. The van der Waals surface area contributed by atoms with Crippen LogP contribution in [-0.4, -0.2) is 23.7 Å². The highest BCUT2D eigenvalue weighted by Gasteiger charge is 2.19. The number of hydrogen-bond acceptors (Lipinski definition) is 4. The van der Waals surface area contributed by atoms with E-state index < -0.39 is 0 Å². The number of anilines is 1. The van der Waals surface area contributed by atoms with Gasteiger partial charge in [-0.2, -0.15) is 0 Å². The number of unbranched alkanes of at least 4 members (excludes halogenated alkanes) is 1. The largest absolute Gasteiger partial charge is 0.485 e. The van der Waals surface area contributed by atoms with E-state index in [-0.39, 0.29) is 17.2 Å². The SMILES string of the molecule is CCCCOc1c(OC/C=C(\C)CCC=C(C)C)c2ccc(NC(=O)/C=C/c3ccccc3)cc2n(C)c1=O. The Morgan fingerprint density at radius 3 is 2.49 bits per heavy atom. The molecule has 0 bridgehead atoms. The van der Waals surface area contributed by atoms with Gasteiger partial charge < -0.3 is 19.4 Å². The molecule has 0 saturated heterocycles. The van der Waals surface area contributed by atoms with Crippen LogP contribution < -0.4 is 20.3 Å². The van der Waals surface area contributed by atoms with Crippen molar-refractivity contribution >= 4 is 28.6 Å². The lowest BCUT2D eigenvalue weighted by Gasteiger charge is -2.17. The highest BCUT2D eigenvalue weighted by atomic mass is 16.5. The topological polar surface area (TPSA) is 69.6 Å². The number of aryl methyl sites for hydroxylation is 1. The molecule has 1 amide bonds. The molecule has 3 aromatic rings. The molecule has 1 N–H and O–H groups in total. The quantitative estimate of drug-likeness (QED) is 0.142. The van der Waals surface area contributed by atoms with Gasteiger partial charge >= 0.3 is 0 Å². The number of hydrogen-bond donors (Lipinski definition) is 1. The molecule has 2 aromatic carbocycles. The second-order valence-corrected chi connectivity index (χ2v) is 9.87. The summed E-state index contributed by atoms with van der Waals surface area (Å²) in [6.07, 6.45) is 11.3. The van der Waals surface area contributed by atoms with Crippen molar-refractivity contribution in [3.05, 3.63) is 93.8 Å². The monoisotopic (exact) mass is 528 g/mol. The van der Waals surface area contributed by atoms with Gasteiger partial charge in [0.2, 0.25) is 11.7 Å². The van der Waals surface area contributed by atoms with Gasteiger partial charge in [-0.05, 0) is 75.9 Å². The van der Waals surface area contributed by atoms with E-state index in [2.05, 4.69) is 39.1 Å². The number of aromatic nitrogens is 1. The summed E-state index contributed by atoms with van der Waals surface area (Å²) >= 11 is 0. The number of carbonyl (C=O) groups is 1. The van der Waals surface area contributed by atoms with E-state index in [0.717, 1.165) is 36.6 Å². The minimum atomic E-state index is -0.273. The summed E-state index contributed by atoms with van der Waals surface area (Å²) in [6, 6.07) is 15.1. The molecule has 1 heterocycles. The van der Waals surface area contributed by atoms with Crippen LogP contribution in [0.25, 0.3) is 17.0 Å². The Labute approximate surface area is 231 Å². The first-order valence-electron chi connectivity index (χ1n) is 13.6. The first kappa shape index (κ1) is 29.5. The van der Waals surface area contributed by atoms with E-state index in [1.807, 2.05) is 48.5 Å². The van der Waals surface area contributed by atoms with E-state index >= 15 is 0 Å². The maximum atomic E-state index is 13.3. The zero-order chi connectivity index (χ0) is 28.2. The van der Waals surface area contributed by atoms with Crippen LogP contribution in [0.4, 0.5) is 5.69 Å². The lowest BCUT2D eigenvalue weighted by molar-refractivity contribution is -0.111. The number of nitrogens with zero attached hydrogens (tertiary/aromatic N) is 1. The Morgan fingerprint density at radius 1 is 1.00 bits per heavy atom. The third-order valence-corrected chi connectivity index (χ3v) is 6.30. The van der Waals surface area contributed by atoms with E-state index in [4.69, 9.17) is 9.47 Å². The molecule has 0 aliphatic rings. The number of fused-ring (bicyclic) bond motifs is 1. The van der Waals surface area contributed by atoms with Crippen molar-refractivity contribution in [2.45, 2.75) is 53.4 Å². The van der Waals surface area contributed by atoms with Crippen LogP contribution in [0.15, 0.2) is 82.7 Å². The normalized spacial score (nSPS) is 11.6. The summed E-state index contributed by atoms with van der Waals surface area (Å²) < 4.78 is 13.7. The fourth-order valence-electron chi connectivity index (χ4n) is 4.03. The van der Waals surface area contributed by atoms with Crippen LogP contribution in [0.1, 0.15) is 58.9 Å². The molecule has 0 unspecified atom stereocenters. The summed E-state index contributed by atoms with van der Waals surface area (Å²) in [5.41, 5.74) is 4.43. The smallest absolute Gasteiger partial charge is 0.297 e. The number of benzene rings is 2. The van der Waals surface area contributed by atoms with Crippen molar-refractivity contribution in [3.8, 4) is 11.5 Å². The van der Waals surface area contributed by atoms with Crippen molar-refractivity contribution in [3.63, 3.8) is 0 Å². The van der Waals surface area contributed by atoms with E-state index in [9.17, 15) is 9.59 Å². The minimum Gasteiger partial charge on any atom is -0.485 e. The van der Waals surface area contributed by atoms with Crippen LogP contribution in [0.2, 0.25) is 0 Å². The standard InChI is InChI=1S/C33H40N2O4/c1-6-7-21-38-32-31(39-22-20-25(4)13-11-12-24(2)3)28-18-17-27(23-29(28)35(5)33(32)37)34-30(36)19-16-26-14-9-8-10-15-26/h8-10,12,14-20,23H,6-7,11,13,21-22H2,1-5H3,(H,34,36)/b19-16+,25-20+. The Morgan fingerprint density at radius 2 is 1.77 bits per heavy atom. The second-order valence-electron chi connectivity index (χ2n) is 9.87. The molecule has 0 aliphatic carbocycles. The average Bonchev–Trinajstić information content (AvgIpc) is 2.92. The van der Waals surface area contributed by atoms with Crippen molar-refractivity contribution in [1.29, 1.82) is 0 Å². The number of amides is 1. The third-order valence-electron chi connectivity index (χ3n) is 6.30. The van der Waals surface area contributed by atoms with Gasteiger partial charge in [0.25, 0.3) is 5.56 Å². The zero-order valence-electron chi connectivity index (χ0n) is 23.8. The number of pyridine rings is 1. The number of rotatable bonds is 13. The molecule has 0 atom stereocenters. The Hall–Kier alpha value is -4.06. The number of nitrogens with one attached hydrogen (secondary N) is 1. The highest BCUT2D eigenvalue weighted by molar-refractivity contribution is 6.03. The van der Waals surface area contributed by atoms with Gasteiger partial charge in [0.05, 0.1) is 12.1 Å². The molecule has 6 heteroatoms. The van der Waals surface area contributed by atoms with Crippen molar-refractivity contribution in [2.24, 2.45) is 7.05 Å². The van der Waals surface area contributed by atoms with Crippen molar-refractivity contribution < 1.29 is 14.3 Å². The molecule has 6 nitrogen and oxygen atoms in total. The van der Waals surface area contributed by atoms with Crippen LogP contribution in [0.5, 0.6) is 11.5 Å². The first-order valence-corrected chi connectivity index (χ1v) is 13.6. The summed E-state index contributed by atoms with van der Waals surface area (Å²) in [7, 11) is 1.70. The summed E-state index contributed by atoms with van der Waals surface area (Å²) in [6.45, 7) is 9.13. The van der Waals surface area contributed by atoms with Crippen LogP contribution in [0.3, 0.4) is 0 Å². The fraction of sp³-hybridized carbons (Fsp3) is 0.333. The maximum Gasteiger partial charge on any atom is 0.297 e. The molecule has 0 saturated carbocycles. The molecule has 39 heavy (non-hydrogen) atoms. The predicted octanol–water partition coefficient (Wildman–Crippen LogP) is 7.44. The molecule has 0 spiro atoms. The molecular weight excluding hydrogens is 488 g/mol. The predicted molar refractivity (Wildman–Crippen MR) is 162 cm³/mol. The molecule has 1 aromatic heterocycles. The van der Waals surface area contributed by atoms with Crippen molar-refractivity contribution in [1.82, 2.24) is 4.57 Å². The lowest BCUT2D eigenvalue weighted by atomic mass is 10.1. The minimum absolute atomic E-state index is 0.219. The van der Waals surface area contributed by atoms with Gasteiger partial charge in [-0.3, -0.25) is 9.59 Å². The molecule has 3 rings (SSSR count). The van der Waals surface area contributed by atoms with Gasteiger partial charge in [0.1, 0.15) is 6.61 Å². The Kier molecular flexibility index (Phi) is 11.2. The Bertz CT molecular complexity index is 1410. The van der Waals surface area contributed by atoms with Crippen molar-refractivity contribution in [2.75, 3.05) is 18.5 Å². The number of carbonyl (C=O) groups excluding carboxylic acids is 1. The van der Waals surface area contributed by atoms with Crippen LogP contribution in [0, 0.1) is 0 Å². The summed E-state index contributed by atoms with van der Waals surface area (Å²) in [5, 5.41) is 3.63. The molecule has 206 valence electrons. The molecule has 0 aliphatic heterocycles. The molecular formula is C33H40N2O4. The van der Waals surface area contributed by atoms with Gasteiger partial charge in [-0.25, -0.2) is 0 Å². The first-order chi connectivity index (χ1) is 18.8. The van der Waals surface area contributed by atoms with Gasteiger partial charge in [-0.1, -0.05) is 60.9 Å².